The predicted molar refractivity (Wildman–Crippen MR) is 109 cm³/mol. The lowest BCUT2D eigenvalue weighted by atomic mass is 10.2. The zero-order valence-electron chi connectivity index (χ0n) is 15.5. The minimum atomic E-state index is -0.452. The van der Waals surface area contributed by atoms with Crippen LogP contribution in [0.3, 0.4) is 0 Å². The molecule has 0 atom stereocenters. The molecule has 146 valence electrons. The highest BCUT2D eigenvalue weighted by atomic mass is 35.5. The lowest BCUT2D eigenvalue weighted by Gasteiger charge is -2.14. The first-order valence-electron chi connectivity index (χ1n) is 8.86. The Labute approximate surface area is 171 Å². The highest BCUT2D eigenvalue weighted by Gasteiger charge is 2.14. The Morgan fingerprint density at radius 1 is 1.03 bits per heavy atom. The van der Waals surface area contributed by atoms with Gasteiger partial charge in [-0.25, -0.2) is 9.89 Å². The van der Waals surface area contributed by atoms with Gasteiger partial charge in [0.1, 0.15) is 23.9 Å². The third-order valence-corrected chi connectivity index (χ3v) is 4.65. The molecule has 4 aromatic rings. The second kappa shape index (κ2) is 8.20. The van der Waals surface area contributed by atoms with E-state index in [1.807, 2.05) is 55.5 Å². The van der Waals surface area contributed by atoms with Crippen molar-refractivity contribution in [2.75, 3.05) is 0 Å². The summed E-state index contributed by atoms with van der Waals surface area (Å²) in [5.74, 6) is 2.16. The third-order valence-electron chi connectivity index (χ3n) is 4.29. The van der Waals surface area contributed by atoms with Gasteiger partial charge in [-0.3, -0.25) is 0 Å². The van der Waals surface area contributed by atoms with Crippen LogP contribution in [0.25, 0.3) is 5.69 Å². The first kappa shape index (κ1) is 18.8. The van der Waals surface area contributed by atoms with Crippen LogP contribution in [0.2, 0.25) is 5.02 Å². The van der Waals surface area contributed by atoms with Gasteiger partial charge < -0.3 is 9.47 Å². The average Bonchev–Trinajstić information content (AvgIpc) is 3.14. The molecule has 1 aromatic heterocycles. The summed E-state index contributed by atoms with van der Waals surface area (Å²) in [6.45, 7) is 2.09. The first-order valence-corrected chi connectivity index (χ1v) is 9.24. The topological polar surface area (TPSA) is 82.0 Å². The van der Waals surface area contributed by atoms with Gasteiger partial charge in [-0.2, -0.15) is 4.68 Å². The van der Waals surface area contributed by atoms with Crippen LogP contribution in [0.15, 0.2) is 71.5 Å². The SMILES string of the molecule is Cc1cc(Oc2ccccc2)ccc1OCc1c(Cl)cccc1-n1nn[nH]c1=O. The lowest BCUT2D eigenvalue weighted by Crippen LogP contribution is -2.18. The van der Waals surface area contributed by atoms with Crippen molar-refractivity contribution < 1.29 is 9.47 Å². The number of halogens is 1. The van der Waals surface area contributed by atoms with Gasteiger partial charge >= 0.3 is 5.69 Å². The molecule has 0 bridgehead atoms. The number of hydrogen-bond acceptors (Lipinski definition) is 5. The average molecular weight is 409 g/mol. The summed E-state index contributed by atoms with van der Waals surface area (Å²) in [7, 11) is 0. The maximum Gasteiger partial charge on any atom is 0.365 e. The molecule has 8 heteroatoms. The number of ether oxygens (including phenoxy) is 2. The number of nitrogens with one attached hydrogen (secondary N) is 1. The van der Waals surface area contributed by atoms with Gasteiger partial charge in [-0.15, -0.1) is 0 Å². The molecule has 0 fully saturated rings. The minimum Gasteiger partial charge on any atom is -0.488 e. The van der Waals surface area contributed by atoms with Gasteiger partial charge in [0, 0.05) is 10.6 Å². The monoisotopic (exact) mass is 408 g/mol. The molecule has 4 rings (SSSR count). The molecule has 0 radical (unpaired) electrons. The minimum absolute atomic E-state index is 0.161. The highest BCUT2D eigenvalue weighted by Crippen LogP contribution is 2.29. The number of nitrogens with zero attached hydrogens (tertiary/aromatic N) is 3. The summed E-state index contributed by atoms with van der Waals surface area (Å²) < 4.78 is 13.0. The number of aryl methyl sites for hydroxylation is 1. The summed E-state index contributed by atoms with van der Waals surface area (Å²) in [5.41, 5.74) is 1.60. The Hall–Kier alpha value is -3.58. The molecule has 1 N–H and O–H groups in total. The molecule has 7 nitrogen and oxygen atoms in total. The van der Waals surface area contributed by atoms with E-state index >= 15 is 0 Å². The molecule has 0 saturated heterocycles. The quantitative estimate of drug-likeness (QED) is 0.514. The number of benzene rings is 3. The molecule has 0 amide bonds. The Bertz CT molecular complexity index is 1190. The molecule has 0 unspecified atom stereocenters. The lowest BCUT2D eigenvalue weighted by molar-refractivity contribution is 0.303. The summed E-state index contributed by atoms with van der Waals surface area (Å²) in [6, 6.07) is 20.3. The standard InChI is InChI=1S/C21H17ClN4O3/c1-14-12-16(29-15-6-3-2-4-7-15)10-11-20(14)28-13-17-18(22)8-5-9-19(17)26-21(27)23-24-25-26/h2-12H,13H2,1H3,(H,23,25,27). The van der Waals surface area contributed by atoms with Crippen molar-refractivity contribution in [2.45, 2.75) is 13.5 Å². The van der Waals surface area contributed by atoms with E-state index in [1.165, 1.54) is 0 Å². The van der Waals surface area contributed by atoms with Crippen molar-refractivity contribution >= 4 is 11.6 Å². The predicted octanol–water partition coefficient (Wildman–Crippen LogP) is 4.29. The fourth-order valence-electron chi connectivity index (χ4n) is 2.87. The third kappa shape index (κ3) is 4.14. The number of aromatic amines is 1. The largest absolute Gasteiger partial charge is 0.488 e. The molecule has 0 aliphatic rings. The number of para-hydroxylation sites is 1. The van der Waals surface area contributed by atoms with E-state index in [0.29, 0.717) is 27.8 Å². The normalized spacial score (nSPS) is 10.7. The van der Waals surface area contributed by atoms with E-state index in [4.69, 9.17) is 21.1 Å². The van der Waals surface area contributed by atoms with E-state index in [-0.39, 0.29) is 6.61 Å². The number of H-pyrrole nitrogens is 1. The Kier molecular flexibility index (Phi) is 5.31. The first-order chi connectivity index (χ1) is 14.1. The van der Waals surface area contributed by atoms with Gasteiger partial charge in [-0.05, 0) is 65.4 Å². The Morgan fingerprint density at radius 2 is 1.86 bits per heavy atom. The van der Waals surface area contributed by atoms with E-state index in [1.54, 1.807) is 18.2 Å². The van der Waals surface area contributed by atoms with Crippen molar-refractivity contribution in [3.8, 4) is 22.9 Å². The van der Waals surface area contributed by atoms with Crippen LogP contribution < -0.4 is 15.2 Å². The number of tetrazole rings is 1. The Balaban J connectivity index is 1.54. The van der Waals surface area contributed by atoms with Crippen LogP contribution >= 0.6 is 11.6 Å². The molecule has 0 spiro atoms. The maximum absolute atomic E-state index is 11.9. The van der Waals surface area contributed by atoms with E-state index in [2.05, 4.69) is 15.5 Å². The van der Waals surface area contributed by atoms with Crippen molar-refractivity contribution in [3.05, 3.63) is 93.4 Å². The molecular formula is C21H17ClN4O3. The van der Waals surface area contributed by atoms with Crippen molar-refractivity contribution in [3.63, 3.8) is 0 Å². The van der Waals surface area contributed by atoms with Gasteiger partial charge in [0.15, 0.2) is 0 Å². The van der Waals surface area contributed by atoms with Crippen LogP contribution in [0.1, 0.15) is 11.1 Å². The zero-order valence-corrected chi connectivity index (χ0v) is 16.3. The molecule has 29 heavy (non-hydrogen) atoms. The molecule has 3 aromatic carbocycles. The van der Waals surface area contributed by atoms with Gasteiger partial charge in [-0.1, -0.05) is 35.9 Å². The Morgan fingerprint density at radius 3 is 2.59 bits per heavy atom. The van der Waals surface area contributed by atoms with Crippen LogP contribution in [0.5, 0.6) is 17.2 Å². The van der Waals surface area contributed by atoms with Crippen molar-refractivity contribution in [2.24, 2.45) is 0 Å². The summed E-state index contributed by atoms with van der Waals surface area (Å²) in [4.78, 5) is 11.9. The van der Waals surface area contributed by atoms with E-state index in [9.17, 15) is 4.79 Å². The smallest absolute Gasteiger partial charge is 0.365 e. The maximum atomic E-state index is 11.9. The van der Waals surface area contributed by atoms with Crippen molar-refractivity contribution in [1.29, 1.82) is 0 Å². The fourth-order valence-corrected chi connectivity index (χ4v) is 3.09. The molecule has 0 aliphatic carbocycles. The molecular weight excluding hydrogens is 392 g/mol. The van der Waals surface area contributed by atoms with Gasteiger partial charge in [0.05, 0.1) is 5.69 Å². The molecule has 0 saturated carbocycles. The second-order valence-corrected chi connectivity index (χ2v) is 6.69. The van der Waals surface area contributed by atoms with E-state index < -0.39 is 5.69 Å². The zero-order chi connectivity index (χ0) is 20.2. The highest BCUT2D eigenvalue weighted by molar-refractivity contribution is 6.31. The fraction of sp³-hybridized carbons (Fsp3) is 0.0952. The number of aromatic nitrogens is 4. The van der Waals surface area contributed by atoms with Crippen LogP contribution in [-0.2, 0) is 6.61 Å². The van der Waals surface area contributed by atoms with Crippen LogP contribution in [0, 0.1) is 6.92 Å². The van der Waals surface area contributed by atoms with Gasteiger partial charge in [0.25, 0.3) is 0 Å². The summed E-state index contributed by atoms with van der Waals surface area (Å²) >= 11 is 6.35. The van der Waals surface area contributed by atoms with Gasteiger partial charge in [0.2, 0.25) is 0 Å². The summed E-state index contributed by atoms with van der Waals surface area (Å²) in [6.07, 6.45) is 0. The molecule has 0 aliphatic heterocycles. The van der Waals surface area contributed by atoms with E-state index in [0.717, 1.165) is 16.0 Å². The molecule has 1 heterocycles. The van der Waals surface area contributed by atoms with Crippen molar-refractivity contribution in [1.82, 2.24) is 20.2 Å². The van der Waals surface area contributed by atoms with Crippen LogP contribution in [-0.4, -0.2) is 20.2 Å². The number of hydrogen-bond donors (Lipinski definition) is 1. The summed E-state index contributed by atoms with van der Waals surface area (Å²) in [5, 5.41) is 10.0. The second-order valence-electron chi connectivity index (χ2n) is 6.29. The number of rotatable bonds is 6. The van der Waals surface area contributed by atoms with Crippen LogP contribution in [0.4, 0.5) is 0 Å².